The third-order valence-electron chi connectivity index (χ3n) is 1.51. The van der Waals surface area contributed by atoms with E-state index in [1.807, 2.05) is 6.07 Å². The van der Waals surface area contributed by atoms with Crippen molar-refractivity contribution in [3.8, 4) is 6.07 Å². The summed E-state index contributed by atoms with van der Waals surface area (Å²) in [5.74, 6) is -0.502. The molecule has 0 aromatic heterocycles. The van der Waals surface area contributed by atoms with Crippen LogP contribution < -0.4 is 0 Å². The Morgan fingerprint density at radius 1 is 1.62 bits per heavy atom. The fraction of sp³-hybridized carbons (Fsp3) is 0.111. The molecule has 66 valence electrons. The zero-order chi connectivity index (χ0) is 9.84. The van der Waals surface area contributed by atoms with Crippen molar-refractivity contribution in [3.63, 3.8) is 0 Å². The summed E-state index contributed by atoms with van der Waals surface area (Å²) in [6.07, 6.45) is 0. The third-order valence-corrected chi connectivity index (χ3v) is 2.00. The Morgan fingerprint density at radius 2 is 2.31 bits per heavy atom. The van der Waals surface area contributed by atoms with Crippen molar-refractivity contribution in [1.29, 1.82) is 5.26 Å². The number of hydrogen-bond donors (Lipinski definition) is 0. The summed E-state index contributed by atoms with van der Waals surface area (Å²) in [6.45, 7) is 0. The van der Waals surface area contributed by atoms with Crippen LogP contribution in [0.1, 0.15) is 15.9 Å². The van der Waals surface area contributed by atoms with Crippen LogP contribution in [0.3, 0.4) is 0 Å². The highest BCUT2D eigenvalue weighted by molar-refractivity contribution is 9.10. The molecule has 0 aliphatic carbocycles. The molecule has 0 fully saturated rings. The minimum absolute atomic E-state index is 0.277. The van der Waals surface area contributed by atoms with Crippen molar-refractivity contribution in [3.05, 3.63) is 33.8 Å². The van der Waals surface area contributed by atoms with E-state index in [1.54, 1.807) is 18.2 Å². The molecule has 0 radical (unpaired) electrons. The Bertz CT molecular complexity index is 382. The first-order valence-electron chi connectivity index (χ1n) is 3.47. The van der Waals surface area contributed by atoms with Crippen molar-refractivity contribution in [2.45, 2.75) is 0 Å². The maximum absolute atomic E-state index is 11.2. The van der Waals surface area contributed by atoms with Crippen LogP contribution in [0.2, 0.25) is 0 Å². The number of carbonyl (C=O) groups is 1. The van der Waals surface area contributed by atoms with Gasteiger partial charge in [-0.2, -0.15) is 5.26 Å². The number of hydrogen-bond acceptors (Lipinski definition) is 3. The number of ether oxygens (including phenoxy) is 1. The van der Waals surface area contributed by atoms with Gasteiger partial charge in [-0.1, -0.05) is 15.9 Å². The third kappa shape index (κ3) is 2.07. The minimum Gasteiger partial charge on any atom is -0.465 e. The van der Waals surface area contributed by atoms with Gasteiger partial charge in [-0.05, 0) is 18.2 Å². The molecule has 0 bridgehead atoms. The standard InChI is InChI=1S/C9H6BrNO2/c1-13-9(12)8-4-7(10)3-2-6(8)5-11/h2-4H,1H3. The van der Waals surface area contributed by atoms with E-state index in [2.05, 4.69) is 20.7 Å². The molecule has 0 amide bonds. The van der Waals surface area contributed by atoms with Gasteiger partial charge in [0.05, 0.1) is 18.2 Å². The lowest BCUT2D eigenvalue weighted by Gasteiger charge is -2.01. The molecule has 0 saturated heterocycles. The van der Waals surface area contributed by atoms with Gasteiger partial charge >= 0.3 is 5.97 Å². The van der Waals surface area contributed by atoms with Crippen LogP contribution in [-0.2, 0) is 4.74 Å². The van der Waals surface area contributed by atoms with E-state index in [0.29, 0.717) is 5.56 Å². The van der Waals surface area contributed by atoms with Gasteiger partial charge in [-0.25, -0.2) is 4.79 Å². The molecule has 0 unspecified atom stereocenters. The fourth-order valence-electron chi connectivity index (χ4n) is 0.893. The van der Waals surface area contributed by atoms with Crippen LogP contribution in [0.4, 0.5) is 0 Å². The van der Waals surface area contributed by atoms with Gasteiger partial charge < -0.3 is 4.74 Å². The second kappa shape index (κ2) is 4.06. The molecule has 1 aromatic rings. The zero-order valence-electron chi connectivity index (χ0n) is 6.87. The summed E-state index contributed by atoms with van der Waals surface area (Å²) >= 11 is 3.21. The lowest BCUT2D eigenvalue weighted by molar-refractivity contribution is 0.0600. The predicted molar refractivity (Wildman–Crippen MR) is 50.2 cm³/mol. The fourth-order valence-corrected chi connectivity index (χ4v) is 1.25. The summed E-state index contributed by atoms with van der Waals surface area (Å²) < 4.78 is 5.27. The molecule has 13 heavy (non-hydrogen) atoms. The summed E-state index contributed by atoms with van der Waals surface area (Å²) in [5.41, 5.74) is 0.592. The lowest BCUT2D eigenvalue weighted by atomic mass is 10.1. The highest BCUT2D eigenvalue weighted by Gasteiger charge is 2.11. The summed E-state index contributed by atoms with van der Waals surface area (Å²) in [6, 6.07) is 6.74. The number of esters is 1. The van der Waals surface area contributed by atoms with Gasteiger partial charge in [-0.15, -0.1) is 0 Å². The zero-order valence-corrected chi connectivity index (χ0v) is 8.46. The van der Waals surface area contributed by atoms with E-state index >= 15 is 0 Å². The molecule has 3 nitrogen and oxygen atoms in total. The maximum atomic E-state index is 11.2. The number of rotatable bonds is 1. The molecular formula is C9H6BrNO2. The van der Waals surface area contributed by atoms with E-state index in [4.69, 9.17) is 5.26 Å². The lowest BCUT2D eigenvalue weighted by Crippen LogP contribution is -2.03. The highest BCUT2D eigenvalue weighted by atomic mass is 79.9. The van der Waals surface area contributed by atoms with Crippen LogP contribution in [0, 0.1) is 11.3 Å². The first-order valence-corrected chi connectivity index (χ1v) is 4.26. The van der Waals surface area contributed by atoms with Gasteiger partial charge in [0.2, 0.25) is 0 Å². The molecule has 0 saturated carbocycles. The summed E-state index contributed by atoms with van der Waals surface area (Å²) in [7, 11) is 1.28. The average molecular weight is 240 g/mol. The number of methoxy groups -OCH3 is 1. The second-order valence-electron chi connectivity index (χ2n) is 2.29. The summed E-state index contributed by atoms with van der Waals surface area (Å²) in [4.78, 5) is 11.2. The van der Waals surface area contributed by atoms with E-state index in [0.717, 1.165) is 4.47 Å². The molecular weight excluding hydrogens is 234 g/mol. The quantitative estimate of drug-likeness (QED) is 0.706. The van der Waals surface area contributed by atoms with Crippen molar-refractivity contribution in [1.82, 2.24) is 0 Å². The second-order valence-corrected chi connectivity index (χ2v) is 3.21. The molecule has 0 heterocycles. The van der Waals surface area contributed by atoms with Crippen molar-refractivity contribution in [2.24, 2.45) is 0 Å². The SMILES string of the molecule is COC(=O)c1cc(Br)ccc1C#N. The van der Waals surface area contributed by atoms with Gasteiger partial charge in [0.25, 0.3) is 0 Å². The van der Waals surface area contributed by atoms with Gasteiger partial charge in [-0.3, -0.25) is 0 Å². The first-order chi connectivity index (χ1) is 6.19. The Hall–Kier alpha value is -1.34. The largest absolute Gasteiger partial charge is 0.465 e. The molecule has 0 aliphatic rings. The Morgan fingerprint density at radius 3 is 2.85 bits per heavy atom. The number of nitriles is 1. The predicted octanol–water partition coefficient (Wildman–Crippen LogP) is 2.11. The normalized spacial score (nSPS) is 9.00. The van der Waals surface area contributed by atoms with E-state index in [9.17, 15) is 4.79 Å². The smallest absolute Gasteiger partial charge is 0.339 e. The monoisotopic (exact) mass is 239 g/mol. The molecule has 0 atom stereocenters. The Balaban J connectivity index is 3.25. The van der Waals surface area contributed by atoms with E-state index < -0.39 is 5.97 Å². The van der Waals surface area contributed by atoms with Crippen molar-refractivity contribution in [2.75, 3.05) is 7.11 Å². The Labute approximate surface area is 84.1 Å². The topological polar surface area (TPSA) is 50.1 Å². The van der Waals surface area contributed by atoms with Crippen LogP contribution in [0.25, 0.3) is 0 Å². The number of nitrogens with zero attached hydrogens (tertiary/aromatic N) is 1. The van der Waals surface area contributed by atoms with E-state index in [1.165, 1.54) is 7.11 Å². The first kappa shape index (κ1) is 9.75. The van der Waals surface area contributed by atoms with Gasteiger partial charge in [0.1, 0.15) is 6.07 Å². The minimum atomic E-state index is -0.502. The van der Waals surface area contributed by atoms with Crippen molar-refractivity contribution >= 4 is 21.9 Å². The average Bonchev–Trinajstić information content (AvgIpc) is 2.16. The summed E-state index contributed by atoms with van der Waals surface area (Å²) in [5, 5.41) is 8.68. The highest BCUT2D eigenvalue weighted by Crippen LogP contribution is 2.16. The molecule has 0 aliphatic heterocycles. The molecule has 1 aromatic carbocycles. The molecule has 0 spiro atoms. The van der Waals surface area contributed by atoms with Crippen LogP contribution in [0.15, 0.2) is 22.7 Å². The molecule has 1 rings (SSSR count). The van der Waals surface area contributed by atoms with Crippen LogP contribution in [0.5, 0.6) is 0 Å². The van der Waals surface area contributed by atoms with Gasteiger partial charge in [0.15, 0.2) is 0 Å². The number of carbonyl (C=O) groups excluding carboxylic acids is 1. The van der Waals surface area contributed by atoms with Crippen LogP contribution >= 0.6 is 15.9 Å². The maximum Gasteiger partial charge on any atom is 0.339 e. The van der Waals surface area contributed by atoms with Crippen molar-refractivity contribution < 1.29 is 9.53 Å². The Kier molecular flexibility index (Phi) is 3.04. The molecule has 0 N–H and O–H groups in total. The van der Waals surface area contributed by atoms with E-state index in [-0.39, 0.29) is 5.56 Å². The molecule has 4 heteroatoms. The number of benzene rings is 1. The number of halogens is 1. The van der Waals surface area contributed by atoms with Gasteiger partial charge in [0, 0.05) is 4.47 Å². The van der Waals surface area contributed by atoms with Crippen LogP contribution in [-0.4, -0.2) is 13.1 Å².